The summed E-state index contributed by atoms with van der Waals surface area (Å²) in [5.41, 5.74) is 3.46. The molecule has 10 heteroatoms. The van der Waals surface area contributed by atoms with Gasteiger partial charge in [0.05, 0.1) is 10.6 Å². The maximum absolute atomic E-state index is 14.6. The molecule has 2 amide bonds. The third kappa shape index (κ3) is 9.21. The maximum Gasteiger partial charge on any atom is 0.264 e. The minimum absolute atomic E-state index is 0.0410. The molecule has 0 saturated carbocycles. The number of anilines is 1. The maximum atomic E-state index is 14.6. The number of sulfonamides is 1. The minimum Gasteiger partial charge on any atom is -0.354 e. The summed E-state index contributed by atoms with van der Waals surface area (Å²) in [5.74, 6) is -0.653. The van der Waals surface area contributed by atoms with E-state index in [1.165, 1.54) is 17.0 Å². The quantitative estimate of drug-likeness (QED) is 0.157. The van der Waals surface area contributed by atoms with Gasteiger partial charge in [0.15, 0.2) is 0 Å². The van der Waals surface area contributed by atoms with Crippen molar-refractivity contribution >= 4 is 55.1 Å². The van der Waals surface area contributed by atoms with Crippen molar-refractivity contribution < 1.29 is 18.0 Å². The van der Waals surface area contributed by atoms with Crippen LogP contribution in [0.1, 0.15) is 36.1 Å². The van der Waals surface area contributed by atoms with E-state index in [-0.39, 0.29) is 35.4 Å². The molecule has 0 aromatic heterocycles. The zero-order valence-electron chi connectivity index (χ0n) is 26.4. The first-order valence-corrected chi connectivity index (χ1v) is 17.7. The number of hydrogen-bond acceptors (Lipinski definition) is 4. The van der Waals surface area contributed by atoms with E-state index in [9.17, 15) is 18.0 Å². The summed E-state index contributed by atoms with van der Waals surface area (Å²) in [7, 11) is -4.23. The van der Waals surface area contributed by atoms with Crippen molar-refractivity contribution in [3.8, 4) is 0 Å². The van der Waals surface area contributed by atoms with E-state index in [4.69, 9.17) is 11.6 Å². The number of benzene rings is 4. The van der Waals surface area contributed by atoms with Crippen LogP contribution in [0, 0.1) is 19.8 Å². The Morgan fingerprint density at radius 2 is 1.54 bits per heavy atom. The third-order valence-electron chi connectivity index (χ3n) is 7.53. The predicted octanol–water partition coefficient (Wildman–Crippen LogP) is 7.33. The van der Waals surface area contributed by atoms with E-state index < -0.39 is 28.5 Å². The van der Waals surface area contributed by atoms with Gasteiger partial charge in [-0.2, -0.15) is 0 Å². The Kier molecular flexibility index (Phi) is 12.1. The Hall–Kier alpha value is -3.66. The van der Waals surface area contributed by atoms with Gasteiger partial charge in [-0.1, -0.05) is 108 Å². The Morgan fingerprint density at radius 1 is 0.870 bits per heavy atom. The molecule has 0 fully saturated rings. The summed E-state index contributed by atoms with van der Waals surface area (Å²) in [6.45, 7) is 7.60. The summed E-state index contributed by atoms with van der Waals surface area (Å²) in [6, 6.07) is 27.5. The molecule has 7 nitrogen and oxygen atoms in total. The van der Waals surface area contributed by atoms with Crippen molar-refractivity contribution in [2.75, 3.05) is 17.4 Å². The van der Waals surface area contributed by atoms with Crippen molar-refractivity contribution in [3.05, 3.63) is 129 Å². The predicted molar refractivity (Wildman–Crippen MR) is 188 cm³/mol. The molecular weight excluding hydrogens is 686 g/mol. The first-order valence-electron chi connectivity index (χ1n) is 15.1. The number of nitrogens with zero attached hydrogens (tertiary/aromatic N) is 2. The van der Waals surface area contributed by atoms with Crippen LogP contribution in [0.2, 0.25) is 5.02 Å². The third-order valence-corrected chi connectivity index (χ3v) is 10.0. The lowest BCUT2D eigenvalue weighted by Crippen LogP contribution is -2.53. The Bertz CT molecular complexity index is 1770. The van der Waals surface area contributed by atoms with E-state index in [0.717, 1.165) is 25.5 Å². The first-order chi connectivity index (χ1) is 21.8. The molecule has 0 aliphatic carbocycles. The second-order valence-corrected chi connectivity index (χ2v) is 15.0. The number of carbonyl (C=O) groups excluding carboxylic acids is 2. The van der Waals surface area contributed by atoms with E-state index in [0.29, 0.717) is 17.1 Å². The van der Waals surface area contributed by atoms with Crippen LogP contribution in [-0.2, 0) is 32.6 Å². The zero-order chi connectivity index (χ0) is 33.4. The van der Waals surface area contributed by atoms with Gasteiger partial charge in [0.25, 0.3) is 10.0 Å². The summed E-state index contributed by atoms with van der Waals surface area (Å²) in [5, 5.41) is 3.34. The van der Waals surface area contributed by atoms with Crippen LogP contribution in [0.25, 0.3) is 0 Å². The van der Waals surface area contributed by atoms with Gasteiger partial charge in [0.1, 0.15) is 12.6 Å². The fourth-order valence-electron chi connectivity index (χ4n) is 5.01. The highest BCUT2D eigenvalue weighted by Crippen LogP contribution is 2.30. The molecule has 0 saturated heterocycles. The van der Waals surface area contributed by atoms with Crippen LogP contribution in [0.15, 0.2) is 106 Å². The van der Waals surface area contributed by atoms with Gasteiger partial charge >= 0.3 is 0 Å². The standard InChI is InChI=1S/C36H39BrClN3O4S/c1-25(2)22-39-36(43)34(20-28-9-6-5-7-10-28)40(23-29-11-8-12-30(37)19-29)35(42)24-41(33-21-31(38)16-15-27(33)4)46(44,45)32-17-13-26(3)14-18-32/h5-19,21,25,34H,20,22-24H2,1-4H3,(H,39,43)/t34-/m0/s1. The molecule has 0 unspecified atom stereocenters. The van der Waals surface area contributed by atoms with Gasteiger partial charge in [-0.15, -0.1) is 0 Å². The van der Waals surface area contributed by atoms with Gasteiger partial charge in [-0.05, 0) is 72.9 Å². The fourth-order valence-corrected chi connectivity index (χ4v) is 7.09. The second kappa shape index (κ2) is 15.8. The van der Waals surface area contributed by atoms with Gasteiger partial charge in [-0.3, -0.25) is 13.9 Å². The first kappa shape index (κ1) is 35.2. The number of carbonyl (C=O) groups is 2. The topological polar surface area (TPSA) is 86.8 Å². The molecular formula is C36H39BrClN3O4S. The highest BCUT2D eigenvalue weighted by Gasteiger charge is 2.35. The van der Waals surface area contributed by atoms with E-state index >= 15 is 0 Å². The number of hydrogen-bond donors (Lipinski definition) is 1. The largest absolute Gasteiger partial charge is 0.354 e. The molecule has 0 radical (unpaired) electrons. The average Bonchev–Trinajstić information content (AvgIpc) is 3.02. The molecule has 0 bridgehead atoms. The molecule has 4 rings (SSSR count). The molecule has 1 N–H and O–H groups in total. The molecule has 46 heavy (non-hydrogen) atoms. The van der Waals surface area contributed by atoms with Gasteiger partial charge < -0.3 is 10.2 Å². The monoisotopic (exact) mass is 723 g/mol. The zero-order valence-corrected chi connectivity index (χ0v) is 29.6. The number of nitrogens with one attached hydrogen (secondary N) is 1. The number of aryl methyl sites for hydroxylation is 2. The van der Waals surface area contributed by atoms with Crippen molar-refractivity contribution in [2.24, 2.45) is 5.92 Å². The van der Waals surface area contributed by atoms with Crippen molar-refractivity contribution in [1.29, 1.82) is 0 Å². The Balaban J connectivity index is 1.83. The van der Waals surface area contributed by atoms with E-state index in [1.807, 2.05) is 75.4 Å². The van der Waals surface area contributed by atoms with Crippen LogP contribution in [0.4, 0.5) is 5.69 Å². The molecule has 0 aliphatic rings. The smallest absolute Gasteiger partial charge is 0.264 e. The van der Waals surface area contributed by atoms with Crippen molar-refractivity contribution in [3.63, 3.8) is 0 Å². The Labute approximate surface area is 285 Å². The van der Waals surface area contributed by atoms with Crippen LogP contribution in [0.3, 0.4) is 0 Å². The lowest BCUT2D eigenvalue weighted by molar-refractivity contribution is -0.140. The van der Waals surface area contributed by atoms with Crippen LogP contribution in [-0.4, -0.2) is 44.3 Å². The normalized spacial score (nSPS) is 12.1. The average molecular weight is 725 g/mol. The lowest BCUT2D eigenvalue weighted by Gasteiger charge is -2.34. The molecule has 242 valence electrons. The van der Waals surface area contributed by atoms with Gasteiger partial charge in [0, 0.05) is 29.0 Å². The van der Waals surface area contributed by atoms with E-state index in [1.54, 1.807) is 37.3 Å². The molecule has 0 aliphatic heterocycles. The summed E-state index contributed by atoms with van der Waals surface area (Å²) in [6.07, 6.45) is 0.241. The number of amides is 2. The van der Waals surface area contributed by atoms with Gasteiger partial charge in [0.2, 0.25) is 11.8 Å². The minimum atomic E-state index is -4.23. The highest BCUT2D eigenvalue weighted by molar-refractivity contribution is 9.10. The summed E-state index contributed by atoms with van der Waals surface area (Å²) < 4.78 is 30.5. The molecule has 1 atom stereocenters. The SMILES string of the molecule is Cc1ccc(S(=O)(=O)N(CC(=O)N(Cc2cccc(Br)c2)[C@@H](Cc2ccccc2)C(=O)NCC(C)C)c2cc(Cl)ccc2C)cc1. The van der Waals surface area contributed by atoms with E-state index in [2.05, 4.69) is 21.2 Å². The second-order valence-electron chi connectivity index (χ2n) is 11.8. The molecule has 0 spiro atoms. The summed E-state index contributed by atoms with van der Waals surface area (Å²) in [4.78, 5) is 30.0. The lowest BCUT2D eigenvalue weighted by atomic mass is 10.0. The Morgan fingerprint density at radius 3 is 2.20 bits per heavy atom. The molecule has 0 heterocycles. The van der Waals surface area contributed by atoms with Crippen molar-refractivity contribution in [1.82, 2.24) is 10.2 Å². The highest BCUT2D eigenvalue weighted by atomic mass is 79.9. The van der Waals surface area contributed by atoms with Crippen LogP contribution >= 0.6 is 27.5 Å². The van der Waals surface area contributed by atoms with Crippen LogP contribution in [0.5, 0.6) is 0 Å². The molecule has 4 aromatic carbocycles. The summed E-state index contributed by atoms with van der Waals surface area (Å²) >= 11 is 9.88. The van der Waals surface area contributed by atoms with Gasteiger partial charge in [-0.25, -0.2) is 8.42 Å². The van der Waals surface area contributed by atoms with Crippen LogP contribution < -0.4 is 9.62 Å². The number of rotatable bonds is 13. The molecule has 4 aromatic rings. The van der Waals surface area contributed by atoms with Crippen molar-refractivity contribution in [2.45, 2.75) is 51.6 Å². The fraction of sp³-hybridized carbons (Fsp3) is 0.278. The number of halogens is 2.